The number of rotatable bonds is 5. The Morgan fingerprint density at radius 1 is 1.22 bits per heavy atom. The summed E-state index contributed by atoms with van der Waals surface area (Å²) in [6.07, 6.45) is 2.90. The summed E-state index contributed by atoms with van der Waals surface area (Å²) >= 11 is 0. The molecule has 122 valence electrons. The van der Waals surface area contributed by atoms with Crippen molar-refractivity contribution in [3.63, 3.8) is 0 Å². The average molecular weight is 327 g/mol. The first-order valence-corrected chi connectivity index (χ1v) is 9.01. The molecule has 0 saturated carbocycles. The summed E-state index contributed by atoms with van der Waals surface area (Å²) in [6, 6.07) is 12.6. The minimum atomic E-state index is -0.0817. The number of benzene rings is 2. The van der Waals surface area contributed by atoms with Crippen molar-refractivity contribution < 1.29 is 5.11 Å². The minimum Gasteiger partial charge on any atom is -0.507 e. The van der Waals surface area contributed by atoms with Gasteiger partial charge < -0.3 is 5.11 Å². The Kier molecular flexibility index (Phi) is 5.59. The largest absolute Gasteiger partial charge is 0.507 e. The molecule has 2 aromatic rings. The van der Waals surface area contributed by atoms with Crippen LogP contribution in [-0.2, 0) is 5.16 Å². The van der Waals surface area contributed by atoms with Crippen LogP contribution in [-0.4, -0.2) is 18.4 Å². The topological polar surface area (TPSA) is 32.6 Å². The van der Waals surface area contributed by atoms with E-state index in [4.69, 9.17) is 0 Å². The van der Waals surface area contributed by atoms with Crippen LogP contribution < -0.4 is 5.30 Å². The van der Waals surface area contributed by atoms with Crippen molar-refractivity contribution in [2.24, 2.45) is 4.99 Å². The van der Waals surface area contributed by atoms with E-state index in [-0.39, 0.29) is 5.16 Å². The van der Waals surface area contributed by atoms with Gasteiger partial charge in [0, 0.05) is 24.0 Å². The lowest BCUT2D eigenvalue weighted by Crippen LogP contribution is -2.20. The quantitative estimate of drug-likeness (QED) is 0.627. The molecule has 0 heterocycles. The second-order valence-electron chi connectivity index (χ2n) is 6.26. The first kappa shape index (κ1) is 17.7. The number of para-hydroxylation sites is 1. The molecular weight excluding hydrogens is 301 g/mol. The molecule has 0 aliphatic carbocycles. The second kappa shape index (κ2) is 7.27. The van der Waals surface area contributed by atoms with Gasteiger partial charge in [0.1, 0.15) is 5.75 Å². The fourth-order valence-corrected chi connectivity index (χ4v) is 4.34. The third-order valence-corrected chi connectivity index (χ3v) is 6.32. The van der Waals surface area contributed by atoms with Crippen LogP contribution in [0, 0.1) is 13.8 Å². The molecule has 2 rings (SSSR count). The van der Waals surface area contributed by atoms with Gasteiger partial charge in [0.2, 0.25) is 0 Å². The summed E-state index contributed by atoms with van der Waals surface area (Å²) < 4.78 is 0. The van der Waals surface area contributed by atoms with Crippen molar-refractivity contribution >= 4 is 20.1 Å². The van der Waals surface area contributed by atoms with Gasteiger partial charge in [-0.15, -0.1) is 0 Å². The predicted molar refractivity (Wildman–Crippen MR) is 103 cm³/mol. The molecule has 2 atom stereocenters. The van der Waals surface area contributed by atoms with Gasteiger partial charge in [-0.25, -0.2) is 0 Å². The molecule has 0 aliphatic heterocycles. The summed E-state index contributed by atoms with van der Waals surface area (Å²) in [5.74, 6) is 0.433. The number of nitrogens with zero attached hydrogens (tertiary/aromatic N) is 1. The molecule has 0 fully saturated rings. The molecule has 0 bridgehead atoms. The van der Waals surface area contributed by atoms with Crippen molar-refractivity contribution in [2.45, 2.75) is 39.3 Å². The van der Waals surface area contributed by atoms with E-state index in [1.807, 2.05) is 25.3 Å². The standard InChI is InChI=1S/C20H26NOP/c1-6-20(4,17-9-7-8-15(3)19(17)22)23-18-11-10-14(2)12-16(18)13-21-5/h7-13,22-23H,6H2,1-5H3/b21-13+. The van der Waals surface area contributed by atoms with Crippen molar-refractivity contribution in [3.05, 3.63) is 58.7 Å². The molecule has 0 saturated heterocycles. The summed E-state index contributed by atoms with van der Waals surface area (Å²) in [6.45, 7) is 8.49. The Bertz CT molecular complexity index is 724. The lowest BCUT2D eigenvalue weighted by Gasteiger charge is -2.31. The first-order chi connectivity index (χ1) is 10.9. The van der Waals surface area contributed by atoms with Crippen molar-refractivity contribution in [1.29, 1.82) is 0 Å². The molecule has 3 heteroatoms. The second-order valence-corrected chi connectivity index (χ2v) is 8.15. The van der Waals surface area contributed by atoms with Crippen molar-refractivity contribution in [2.75, 3.05) is 7.05 Å². The van der Waals surface area contributed by atoms with Gasteiger partial charge in [-0.05, 0) is 42.8 Å². The number of aliphatic imine (C=N–C) groups is 1. The van der Waals surface area contributed by atoms with Gasteiger partial charge in [-0.3, -0.25) is 4.99 Å². The molecule has 2 nitrogen and oxygen atoms in total. The van der Waals surface area contributed by atoms with E-state index in [0.717, 1.165) is 17.5 Å². The number of phenols is 1. The predicted octanol–water partition coefficient (Wildman–Crippen LogP) is 4.69. The zero-order chi connectivity index (χ0) is 17.0. The van der Waals surface area contributed by atoms with Crippen LogP contribution in [0.1, 0.15) is 42.5 Å². The third-order valence-electron chi connectivity index (χ3n) is 4.43. The Hall–Kier alpha value is -1.66. The molecule has 2 unspecified atom stereocenters. The zero-order valence-electron chi connectivity index (χ0n) is 14.6. The maximum absolute atomic E-state index is 10.5. The highest BCUT2D eigenvalue weighted by molar-refractivity contribution is 7.48. The highest BCUT2D eigenvalue weighted by atomic mass is 31.1. The molecule has 0 aliphatic rings. The fraction of sp³-hybridized carbons (Fsp3) is 0.350. The average Bonchev–Trinajstić information content (AvgIpc) is 2.53. The van der Waals surface area contributed by atoms with Gasteiger partial charge in [0.25, 0.3) is 0 Å². The van der Waals surface area contributed by atoms with Gasteiger partial charge >= 0.3 is 0 Å². The highest BCUT2D eigenvalue weighted by Gasteiger charge is 2.29. The van der Waals surface area contributed by atoms with E-state index in [1.165, 1.54) is 16.4 Å². The van der Waals surface area contributed by atoms with Gasteiger partial charge in [0.05, 0.1) is 0 Å². The van der Waals surface area contributed by atoms with Crippen molar-refractivity contribution in [3.8, 4) is 5.75 Å². The molecule has 0 radical (unpaired) electrons. The van der Waals surface area contributed by atoms with Gasteiger partial charge in [0.15, 0.2) is 0 Å². The van der Waals surface area contributed by atoms with Crippen LogP contribution in [0.2, 0.25) is 0 Å². The number of phenolic OH excluding ortho intramolecular Hbond substituents is 1. The number of hydrogen-bond acceptors (Lipinski definition) is 2. The Labute approximate surface area is 141 Å². The van der Waals surface area contributed by atoms with Crippen LogP contribution in [0.5, 0.6) is 5.75 Å². The molecule has 0 aromatic heterocycles. The van der Waals surface area contributed by atoms with Crippen LogP contribution >= 0.6 is 8.58 Å². The van der Waals surface area contributed by atoms with Crippen LogP contribution in [0.25, 0.3) is 0 Å². The van der Waals surface area contributed by atoms with Gasteiger partial charge in [-0.1, -0.05) is 58.3 Å². The summed E-state index contributed by atoms with van der Waals surface area (Å²) in [5.41, 5.74) is 4.40. The Balaban J connectivity index is 2.49. The highest BCUT2D eigenvalue weighted by Crippen LogP contribution is 2.47. The smallest absolute Gasteiger partial charge is 0.122 e. The lowest BCUT2D eigenvalue weighted by atomic mass is 9.94. The third kappa shape index (κ3) is 3.82. The number of aromatic hydroxyl groups is 1. The summed E-state index contributed by atoms with van der Waals surface area (Å²) in [4.78, 5) is 4.20. The van der Waals surface area contributed by atoms with Crippen LogP contribution in [0.3, 0.4) is 0 Å². The normalized spacial score (nSPS) is 14.7. The number of aryl methyl sites for hydroxylation is 2. The zero-order valence-corrected chi connectivity index (χ0v) is 15.6. The van der Waals surface area contributed by atoms with Crippen LogP contribution in [0.4, 0.5) is 0 Å². The Morgan fingerprint density at radius 2 is 1.96 bits per heavy atom. The van der Waals surface area contributed by atoms with E-state index < -0.39 is 0 Å². The maximum atomic E-state index is 10.5. The fourth-order valence-electron chi connectivity index (χ4n) is 2.79. The molecule has 2 aromatic carbocycles. The first-order valence-electron chi connectivity index (χ1n) is 8.01. The van der Waals surface area contributed by atoms with Gasteiger partial charge in [-0.2, -0.15) is 0 Å². The SMILES string of the molecule is CCC(C)(Pc1ccc(C)cc1/C=N/C)c1cccc(C)c1O. The lowest BCUT2D eigenvalue weighted by molar-refractivity contribution is 0.452. The van der Waals surface area contributed by atoms with E-state index >= 15 is 0 Å². The molecule has 0 spiro atoms. The van der Waals surface area contributed by atoms with E-state index in [0.29, 0.717) is 14.3 Å². The van der Waals surface area contributed by atoms with E-state index in [2.05, 4.69) is 50.0 Å². The van der Waals surface area contributed by atoms with E-state index in [9.17, 15) is 5.11 Å². The molecule has 23 heavy (non-hydrogen) atoms. The summed E-state index contributed by atoms with van der Waals surface area (Å²) in [5, 5.41) is 11.8. The molecule has 1 N–H and O–H groups in total. The Morgan fingerprint density at radius 3 is 2.61 bits per heavy atom. The monoisotopic (exact) mass is 327 g/mol. The van der Waals surface area contributed by atoms with E-state index in [1.54, 1.807) is 7.05 Å². The summed E-state index contributed by atoms with van der Waals surface area (Å²) in [7, 11) is 2.38. The maximum Gasteiger partial charge on any atom is 0.122 e. The molecule has 0 amide bonds. The van der Waals surface area contributed by atoms with Crippen molar-refractivity contribution in [1.82, 2.24) is 0 Å². The van der Waals surface area contributed by atoms with Crippen LogP contribution in [0.15, 0.2) is 41.4 Å². The minimum absolute atomic E-state index is 0.0817. The number of hydrogen-bond donors (Lipinski definition) is 1. The molecular formula is C20H26NOP.